The van der Waals surface area contributed by atoms with Gasteiger partial charge in [0.2, 0.25) is 5.91 Å². The van der Waals surface area contributed by atoms with E-state index in [1.165, 1.54) is 5.56 Å². The molecule has 0 spiro atoms. The second-order valence-corrected chi connectivity index (χ2v) is 7.46. The van der Waals surface area contributed by atoms with Gasteiger partial charge in [0, 0.05) is 75.1 Å². The Morgan fingerprint density at radius 3 is 2.91 bits per heavy atom. The molecular weight excluding hydrogens is 308 g/mol. The Bertz CT molecular complexity index is 499. The summed E-state index contributed by atoms with van der Waals surface area (Å²) in [4.78, 5) is 21.1. The number of carbonyl (C=O) groups is 1. The average Bonchev–Trinajstić information content (AvgIpc) is 2.63. The zero-order valence-corrected chi connectivity index (χ0v) is 14.6. The Labute approximate surface area is 142 Å². The monoisotopic (exact) mass is 334 g/mol. The topological polar surface area (TPSA) is 48.5 Å². The third-order valence-electron chi connectivity index (χ3n) is 4.80. The van der Waals surface area contributed by atoms with Crippen LogP contribution in [0.4, 0.5) is 0 Å². The normalized spacial score (nSPS) is 24.4. The number of aromatic nitrogens is 1. The van der Waals surface area contributed by atoms with Crippen molar-refractivity contribution in [3.05, 3.63) is 30.1 Å². The van der Waals surface area contributed by atoms with Crippen molar-refractivity contribution in [2.75, 3.05) is 44.2 Å². The number of hydrogen-bond acceptors (Lipinski definition) is 5. The molecule has 23 heavy (non-hydrogen) atoms. The van der Waals surface area contributed by atoms with Crippen LogP contribution in [0.2, 0.25) is 0 Å². The molecule has 1 amide bonds. The lowest BCUT2D eigenvalue weighted by Crippen LogP contribution is -2.51. The fourth-order valence-electron chi connectivity index (χ4n) is 3.28. The van der Waals surface area contributed by atoms with Gasteiger partial charge in [0.05, 0.1) is 0 Å². The van der Waals surface area contributed by atoms with E-state index in [9.17, 15) is 4.79 Å². The lowest BCUT2D eigenvalue weighted by molar-refractivity contribution is -0.133. The fraction of sp³-hybridized carbons (Fsp3) is 0.647. The molecule has 2 fully saturated rings. The minimum absolute atomic E-state index is 0.304. The van der Waals surface area contributed by atoms with E-state index in [1.54, 1.807) is 0 Å². The van der Waals surface area contributed by atoms with Crippen LogP contribution in [-0.4, -0.2) is 71.0 Å². The molecule has 5 nitrogen and oxygen atoms in total. The number of carbonyl (C=O) groups excluding carboxylic acids is 1. The summed E-state index contributed by atoms with van der Waals surface area (Å²) in [5.74, 6) is 2.53. The van der Waals surface area contributed by atoms with Crippen molar-refractivity contribution in [1.82, 2.24) is 20.1 Å². The van der Waals surface area contributed by atoms with Crippen LogP contribution in [0.3, 0.4) is 0 Å². The van der Waals surface area contributed by atoms with Gasteiger partial charge in [-0.15, -0.1) is 0 Å². The molecule has 2 saturated heterocycles. The summed E-state index contributed by atoms with van der Waals surface area (Å²) in [7, 11) is 0. The van der Waals surface area contributed by atoms with Crippen molar-refractivity contribution >= 4 is 17.7 Å². The van der Waals surface area contributed by atoms with Gasteiger partial charge in [0.1, 0.15) is 0 Å². The Balaban J connectivity index is 1.47. The number of hydrogen-bond donors (Lipinski definition) is 1. The smallest absolute Gasteiger partial charge is 0.224 e. The molecule has 2 aliphatic rings. The highest BCUT2D eigenvalue weighted by Crippen LogP contribution is 2.21. The zero-order valence-electron chi connectivity index (χ0n) is 13.8. The van der Waals surface area contributed by atoms with Gasteiger partial charge >= 0.3 is 0 Å². The summed E-state index contributed by atoms with van der Waals surface area (Å²) in [6.45, 7) is 6.80. The molecular formula is C17H26N4OS. The third kappa shape index (κ3) is 4.46. The molecule has 3 heterocycles. The third-order valence-corrected chi connectivity index (χ3v) is 5.93. The molecule has 2 atom stereocenters. The van der Waals surface area contributed by atoms with Gasteiger partial charge in [0.25, 0.3) is 0 Å². The van der Waals surface area contributed by atoms with Crippen LogP contribution in [0, 0.1) is 0 Å². The summed E-state index contributed by atoms with van der Waals surface area (Å²) in [5, 5.41) is 3.45. The predicted molar refractivity (Wildman–Crippen MR) is 94.5 cm³/mol. The first-order chi connectivity index (χ1) is 11.2. The minimum Gasteiger partial charge on any atom is -0.340 e. The second kappa shape index (κ2) is 8.13. The number of nitrogens with one attached hydrogen (secondary N) is 1. The highest BCUT2D eigenvalue weighted by atomic mass is 32.2. The molecule has 2 unspecified atom stereocenters. The molecule has 0 aromatic carbocycles. The van der Waals surface area contributed by atoms with Crippen molar-refractivity contribution in [2.24, 2.45) is 0 Å². The van der Waals surface area contributed by atoms with Crippen LogP contribution >= 0.6 is 11.8 Å². The van der Waals surface area contributed by atoms with Gasteiger partial charge in [-0.1, -0.05) is 6.07 Å². The van der Waals surface area contributed by atoms with Crippen molar-refractivity contribution in [1.29, 1.82) is 0 Å². The number of nitrogens with zero attached hydrogens (tertiary/aromatic N) is 3. The second-order valence-electron chi connectivity index (χ2n) is 6.31. The number of piperazine rings is 1. The van der Waals surface area contributed by atoms with Crippen molar-refractivity contribution in [3.63, 3.8) is 0 Å². The van der Waals surface area contributed by atoms with Crippen LogP contribution in [0.25, 0.3) is 0 Å². The van der Waals surface area contributed by atoms with Crippen molar-refractivity contribution < 1.29 is 4.79 Å². The lowest BCUT2D eigenvalue weighted by atomic mass is 10.1. The quantitative estimate of drug-likeness (QED) is 0.901. The zero-order chi connectivity index (χ0) is 16.1. The highest BCUT2D eigenvalue weighted by Gasteiger charge is 2.26. The van der Waals surface area contributed by atoms with Gasteiger partial charge < -0.3 is 10.2 Å². The molecule has 126 valence electrons. The minimum atomic E-state index is 0.304. The molecule has 3 rings (SSSR count). The fourth-order valence-corrected chi connectivity index (χ4v) is 4.23. The number of amides is 1. The standard InChI is InChI=1S/C17H26N4OS/c1-14(15-3-2-4-18-12-15)20-6-8-21(9-7-20)17(22)11-16-13-23-10-5-19-16/h2-4,12,14,16,19H,5-11,13H2,1H3. The first-order valence-electron chi connectivity index (χ1n) is 8.47. The summed E-state index contributed by atoms with van der Waals surface area (Å²) in [5.41, 5.74) is 1.25. The summed E-state index contributed by atoms with van der Waals surface area (Å²) < 4.78 is 0. The molecule has 2 aliphatic heterocycles. The van der Waals surface area contributed by atoms with E-state index in [0.29, 0.717) is 24.4 Å². The van der Waals surface area contributed by atoms with Crippen LogP contribution < -0.4 is 5.32 Å². The Morgan fingerprint density at radius 1 is 1.43 bits per heavy atom. The van der Waals surface area contributed by atoms with Crippen LogP contribution in [0.15, 0.2) is 24.5 Å². The summed E-state index contributed by atoms with van der Waals surface area (Å²) >= 11 is 1.95. The van der Waals surface area contributed by atoms with Gasteiger partial charge in [-0.3, -0.25) is 14.7 Å². The van der Waals surface area contributed by atoms with Crippen LogP contribution in [0.5, 0.6) is 0 Å². The van der Waals surface area contributed by atoms with E-state index in [-0.39, 0.29) is 0 Å². The van der Waals surface area contributed by atoms with E-state index < -0.39 is 0 Å². The van der Waals surface area contributed by atoms with Crippen molar-refractivity contribution in [2.45, 2.75) is 25.4 Å². The molecule has 0 bridgehead atoms. The van der Waals surface area contributed by atoms with Gasteiger partial charge in [0.15, 0.2) is 0 Å². The van der Waals surface area contributed by atoms with E-state index in [1.807, 2.05) is 35.1 Å². The predicted octanol–water partition coefficient (Wildman–Crippen LogP) is 1.38. The molecule has 0 radical (unpaired) electrons. The average molecular weight is 334 g/mol. The van der Waals surface area contributed by atoms with E-state index in [4.69, 9.17) is 0 Å². The van der Waals surface area contributed by atoms with E-state index in [2.05, 4.69) is 28.2 Å². The van der Waals surface area contributed by atoms with Crippen molar-refractivity contribution in [3.8, 4) is 0 Å². The molecule has 1 aromatic heterocycles. The Kier molecular flexibility index (Phi) is 5.91. The molecule has 1 N–H and O–H groups in total. The Hall–Kier alpha value is -1.11. The largest absolute Gasteiger partial charge is 0.340 e. The van der Waals surface area contributed by atoms with E-state index >= 15 is 0 Å². The van der Waals surface area contributed by atoms with Gasteiger partial charge in [-0.05, 0) is 18.6 Å². The first kappa shape index (κ1) is 16.7. The maximum atomic E-state index is 12.5. The summed E-state index contributed by atoms with van der Waals surface area (Å²) in [6.07, 6.45) is 4.39. The van der Waals surface area contributed by atoms with Crippen LogP contribution in [-0.2, 0) is 4.79 Å². The van der Waals surface area contributed by atoms with Gasteiger partial charge in [-0.2, -0.15) is 11.8 Å². The first-order valence-corrected chi connectivity index (χ1v) is 9.62. The molecule has 1 aromatic rings. The lowest BCUT2D eigenvalue weighted by Gasteiger charge is -2.38. The molecule has 0 saturated carbocycles. The SMILES string of the molecule is CC(c1cccnc1)N1CCN(C(=O)CC2CSCCN2)CC1. The maximum Gasteiger partial charge on any atom is 0.224 e. The molecule has 0 aliphatic carbocycles. The van der Waals surface area contributed by atoms with Crippen LogP contribution in [0.1, 0.15) is 24.9 Å². The number of thioether (sulfide) groups is 1. The number of rotatable bonds is 4. The summed E-state index contributed by atoms with van der Waals surface area (Å²) in [6, 6.07) is 4.83. The Morgan fingerprint density at radius 2 is 2.26 bits per heavy atom. The van der Waals surface area contributed by atoms with Gasteiger partial charge in [-0.25, -0.2) is 0 Å². The number of pyridine rings is 1. The maximum absolute atomic E-state index is 12.5. The highest BCUT2D eigenvalue weighted by molar-refractivity contribution is 7.99. The molecule has 6 heteroatoms. The van der Waals surface area contributed by atoms with E-state index in [0.717, 1.165) is 44.2 Å².